The van der Waals surface area contributed by atoms with E-state index in [1.807, 2.05) is 6.26 Å². The van der Waals surface area contributed by atoms with Gasteiger partial charge in [-0.15, -0.1) is 11.8 Å². The van der Waals surface area contributed by atoms with Crippen molar-refractivity contribution in [2.75, 3.05) is 19.5 Å². The van der Waals surface area contributed by atoms with Gasteiger partial charge in [0.25, 0.3) is 0 Å². The van der Waals surface area contributed by atoms with Crippen molar-refractivity contribution in [3.8, 4) is 11.5 Å². The second-order valence-electron chi connectivity index (χ2n) is 2.99. The lowest BCUT2D eigenvalue weighted by Crippen LogP contribution is -2.31. The highest BCUT2D eigenvalue weighted by Gasteiger charge is 2.24. The molecular formula is C9H9BrFNO2S. The topological polar surface area (TPSA) is 31.4 Å². The van der Waals surface area contributed by atoms with Crippen LogP contribution in [0.5, 0.6) is 11.5 Å². The Labute approximate surface area is 99.5 Å². The van der Waals surface area contributed by atoms with Gasteiger partial charge < -0.3 is 9.47 Å². The number of ether oxygens (including phenoxy) is 2. The second kappa shape index (κ2) is 4.57. The van der Waals surface area contributed by atoms with Crippen LogP contribution in [0.15, 0.2) is 15.7 Å². The Morgan fingerprint density at radius 2 is 2.53 bits per heavy atom. The molecule has 1 atom stereocenters. The summed E-state index contributed by atoms with van der Waals surface area (Å²) in [4.78, 5) is 4.24. The predicted molar refractivity (Wildman–Crippen MR) is 59.6 cm³/mol. The molecule has 0 fully saturated rings. The second-order valence-corrected chi connectivity index (χ2v) is 4.57. The van der Waals surface area contributed by atoms with Crippen LogP contribution >= 0.6 is 27.7 Å². The van der Waals surface area contributed by atoms with Crippen molar-refractivity contribution in [1.82, 2.24) is 4.98 Å². The van der Waals surface area contributed by atoms with Crippen LogP contribution in [-0.2, 0) is 0 Å². The molecule has 0 saturated heterocycles. The van der Waals surface area contributed by atoms with E-state index >= 15 is 0 Å². The van der Waals surface area contributed by atoms with E-state index in [9.17, 15) is 4.39 Å². The monoisotopic (exact) mass is 293 g/mol. The number of thioether (sulfide) groups is 1. The maximum atomic E-state index is 12.4. The predicted octanol–water partition coefficient (Wildman–Crippen LogP) is 2.68. The summed E-state index contributed by atoms with van der Waals surface area (Å²) in [6.45, 7) is -0.323. The zero-order chi connectivity index (χ0) is 10.8. The lowest BCUT2D eigenvalue weighted by atomic mass is 10.3. The lowest BCUT2D eigenvalue weighted by Gasteiger charge is -2.25. The molecule has 1 aromatic rings. The van der Waals surface area contributed by atoms with Gasteiger partial charge in [0.1, 0.15) is 18.3 Å². The van der Waals surface area contributed by atoms with E-state index in [0.29, 0.717) is 16.1 Å². The zero-order valence-electron chi connectivity index (χ0n) is 8.00. The van der Waals surface area contributed by atoms with E-state index in [-0.39, 0.29) is 6.61 Å². The molecule has 15 heavy (non-hydrogen) atoms. The number of alkyl halides is 1. The van der Waals surface area contributed by atoms with Crippen molar-refractivity contribution < 1.29 is 13.9 Å². The van der Waals surface area contributed by atoms with Gasteiger partial charge in [-0.05, 0) is 22.2 Å². The van der Waals surface area contributed by atoms with Crippen LogP contribution in [0.3, 0.4) is 0 Å². The minimum atomic E-state index is -0.548. The van der Waals surface area contributed by atoms with Crippen molar-refractivity contribution in [2.24, 2.45) is 0 Å². The van der Waals surface area contributed by atoms with Gasteiger partial charge in [0.05, 0.1) is 0 Å². The number of hydrogen-bond donors (Lipinski definition) is 0. The van der Waals surface area contributed by atoms with Gasteiger partial charge in [-0.1, -0.05) is 0 Å². The van der Waals surface area contributed by atoms with Gasteiger partial charge in [0.2, 0.25) is 0 Å². The van der Waals surface area contributed by atoms with Gasteiger partial charge in [0.15, 0.2) is 22.2 Å². The van der Waals surface area contributed by atoms with Crippen LogP contribution in [0.1, 0.15) is 0 Å². The highest BCUT2D eigenvalue weighted by atomic mass is 79.9. The molecule has 3 nitrogen and oxygen atoms in total. The van der Waals surface area contributed by atoms with Crippen molar-refractivity contribution >= 4 is 27.7 Å². The van der Waals surface area contributed by atoms with Crippen LogP contribution in [-0.4, -0.2) is 30.6 Å². The molecule has 0 bridgehead atoms. The number of hydrogen-bond acceptors (Lipinski definition) is 4. The standard InChI is InChI=1S/C9H9BrFNO2S/c1-15-7-2-6-8(9(10)12-7)13-4-5(3-11)14-6/h2,5H,3-4H2,1H3. The van der Waals surface area contributed by atoms with Crippen molar-refractivity contribution in [3.63, 3.8) is 0 Å². The van der Waals surface area contributed by atoms with Crippen LogP contribution in [0, 0.1) is 0 Å². The molecule has 0 aliphatic carbocycles. The van der Waals surface area contributed by atoms with E-state index in [4.69, 9.17) is 9.47 Å². The Morgan fingerprint density at radius 1 is 1.73 bits per heavy atom. The van der Waals surface area contributed by atoms with E-state index in [1.165, 1.54) is 11.8 Å². The van der Waals surface area contributed by atoms with Crippen LogP contribution < -0.4 is 9.47 Å². The van der Waals surface area contributed by atoms with Crippen LogP contribution in [0.25, 0.3) is 0 Å². The third-order valence-electron chi connectivity index (χ3n) is 1.96. The highest BCUT2D eigenvalue weighted by Crippen LogP contribution is 2.39. The molecule has 2 heterocycles. The minimum absolute atomic E-state index is 0.225. The smallest absolute Gasteiger partial charge is 0.194 e. The molecule has 0 saturated carbocycles. The summed E-state index contributed by atoms with van der Waals surface area (Å²) in [5, 5.41) is 0.809. The average molecular weight is 294 g/mol. The molecule has 1 unspecified atom stereocenters. The van der Waals surface area contributed by atoms with Crippen LogP contribution in [0.2, 0.25) is 0 Å². The summed E-state index contributed by atoms with van der Waals surface area (Å²) in [5.74, 6) is 1.10. The van der Waals surface area contributed by atoms with Crippen molar-refractivity contribution in [2.45, 2.75) is 11.1 Å². The van der Waals surface area contributed by atoms with Gasteiger partial charge in [-0.2, -0.15) is 0 Å². The fourth-order valence-electron chi connectivity index (χ4n) is 1.25. The molecular weight excluding hydrogens is 285 g/mol. The molecule has 1 aromatic heterocycles. The summed E-state index contributed by atoms with van der Waals surface area (Å²) >= 11 is 4.79. The van der Waals surface area contributed by atoms with Crippen molar-refractivity contribution in [1.29, 1.82) is 0 Å². The molecule has 2 rings (SSSR count). The first-order valence-electron chi connectivity index (χ1n) is 4.34. The van der Waals surface area contributed by atoms with Gasteiger partial charge in [-0.25, -0.2) is 9.37 Å². The number of pyridine rings is 1. The Morgan fingerprint density at radius 3 is 3.20 bits per heavy atom. The molecule has 82 valence electrons. The quantitative estimate of drug-likeness (QED) is 0.620. The third-order valence-corrected chi connectivity index (χ3v) is 3.13. The molecule has 0 N–H and O–H groups in total. The lowest BCUT2D eigenvalue weighted by molar-refractivity contribution is 0.0701. The fourth-order valence-corrected chi connectivity index (χ4v) is 2.27. The Bertz CT molecular complexity index is 377. The van der Waals surface area contributed by atoms with Gasteiger partial charge >= 0.3 is 0 Å². The fraction of sp³-hybridized carbons (Fsp3) is 0.444. The number of rotatable bonds is 2. The summed E-state index contributed by atoms with van der Waals surface area (Å²) in [5.41, 5.74) is 0. The van der Waals surface area contributed by atoms with Crippen molar-refractivity contribution in [3.05, 3.63) is 10.7 Å². The maximum absolute atomic E-state index is 12.4. The number of halogens is 2. The van der Waals surface area contributed by atoms with E-state index in [1.54, 1.807) is 6.07 Å². The summed E-state index contributed by atoms with van der Waals surface area (Å²) in [6.07, 6.45) is 1.40. The largest absolute Gasteiger partial charge is 0.483 e. The third kappa shape index (κ3) is 2.20. The Hall–Kier alpha value is -0.490. The first-order chi connectivity index (χ1) is 7.24. The molecule has 0 radical (unpaired) electrons. The summed E-state index contributed by atoms with van der Waals surface area (Å²) in [6, 6.07) is 1.76. The SMILES string of the molecule is CSc1cc2c(c(Br)n1)OCC(CF)O2. The first kappa shape index (κ1) is 11.0. The number of nitrogens with zero attached hydrogens (tertiary/aromatic N) is 1. The molecule has 1 aliphatic heterocycles. The molecule has 1 aliphatic rings. The number of aromatic nitrogens is 1. The maximum Gasteiger partial charge on any atom is 0.194 e. The average Bonchev–Trinajstić information content (AvgIpc) is 2.28. The van der Waals surface area contributed by atoms with Gasteiger partial charge in [0, 0.05) is 6.07 Å². The molecule has 0 spiro atoms. The normalized spacial score (nSPS) is 19.0. The molecule has 0 amide bonds. The zero-order valence-corrected chi connectivity index (χ0v) is 10.4. The minimum Gasteiger partial charge on any atom is -0.483 e. The molecule has 6 heteroatoms. The van der Waals surface area contributed by atoms with Gasteiger partial charge in [-0.3, -0.25) is 0 Å². The highest BCUT2D eigenvalue weighted by molar-refractivity contribution is 9.10. The Balaban J connectivity index is 2.35. The summed E-state index contributed by atoms with van der Waals surface area (Å²) in [7, 11) is 0. The Kier molecular flexibility index (Phi) is 3.35. The van der Waals surface area contributed by atoms with E-state index in [2.05, 4.69) is 20.9 Å². The summed E-state index contributed by atoms with van der Waals surface area (Å²) < 4.78 is 23.8. The molecule has 0 aromatic carbocycles. The van der Waals surface area contributed by atoms with E-state index in [0.717, 1.165) is 5.03 Å². The first-order valence-corrected chi connectivity index (χ1v) is 6.36. The van der Waals surface area contributed by atoms with E-state index < -0.39 is 12.8 Å². The number of fused-ring (bicyclic) bond motifs is 1. The van der Waals surface area contributed by atoms with Crippen LogP contribution in [0.4, 0.5) is 4.39 Å².